The molecule has 23 heavy (non-hydrogen) atoms. The molecule has 0 radical (unpaired) electrons. The number of hydrogen-bond donors (Lipinski definition) is 1. The second kappa shape index (κ2) is 6.95. The molecular formula is C16H19Cl2NO4. The van der Waals surface area contributed by atoms with Crippen LogP contribution in [0.5, 0.6) is 0 Å². The van der Waals surface area contributed by atoms with Gasteiger partial charge >= 0.3 is 5.97 Å². The standard InChI is InChI=1S/C16H19Cl2NO4/c1-21-23-15(20)4-2-3-10-5-13(17)14(18)6-12(10)16-7-11(8-22-16)19-9-16/h5-6,11,19H,2-4,7-9H2,1H3. The SMILES string of the molecule is COOC(=O)CCCc1cc(Cl)c(Cl)cc1C12CNC(CO1)C2. The number of carbonyl (C=O) groups excluding carboxylic acids is 1. The van der Waals surface area contributed by atoms with Gasteiger partial charge < -0.3 is 10.1 Å². The van der Waals surface area contributed by atoms with Crippen LogP contribution in [0.25, 0.3) is 0 Å². The monoisotopic (exact) mass is 359 g/mol. The normalized spacial score (nSPS) is 25.8. The molecule has 0 amide bonds. The van der Waals surface area contributed by atoms with E-state index in [4.69, 9.17) is 27.9 Å². The van der Waals surface area contributed by atoms with Crippen LogP contribution in [0.3, 0.4) is 0 Å². The fourth-order valence-corrected chi connectivity index (χ4v) is 3.75. The van der Waals surface area contributed by atoms with Gasteiger partial charge in [0.1, 0.15) is 5.60 Å². The molecule has 2 saturated heterocycles. The molecule has 7 heteroatoms. The van der Waals surface area contributed by atoms with Crippen molar-refractivity contribution in [2.75, 3.05) is 20.3 Å². The molecule has 1 aromatic rings. The van der Waals surface area contributed by atoms with Crippen molar-refractivity contribution in [1.82, 2.24) is 5.32 Å². The number of nitrogens with one attached hydrogen (secondary N) is 1. The number of halogens is 2. The molecule has 126 valence electrons. The van der Waals surface area contributed by atoms with Gasteiger partial charge in [-0.1, -0.05) is 23.2 Å². The minimum Gasteiger partial charge on any atom is -0.367 e. The Morgan fingerprint density at radius 3 is 2.83 bits per heavy atom. The van der Waals surface area contributed by atoms with E-state index in [0.29, 0.717) is 35.5 Å². The Balaban J connectivity index is 1.79. The molecule has 2 heterocycles. The van der Waals surface area contributed by atoms with E-state index in [1.807, 2.05) is 12.1 Å². The van der Waals surface area contributed by atoms with Gasteiger partial charge in [0, 0.05) is 19.0 Å². The predicted molar refractivity (Wildman–Crippen MR) is 86.5 cm³/mol. The zero-order chi connectivity index (χ0) is 16.4. The molecule has 5 nitrogen and oxygen atoms in total. The molecule has 2 aliphatic rings. The summed E-state index contributed by atoms with van der Waals surface area (Å²) < 4.78 is 6.05. The maximum atomic E-state index is 11.4. The summed E-state index contributed by atoms with van der Waals surface area (Å²) in [5.74, 6) is -0.382. The van der Waals surface area contributed by atoms with Crippen LogP contribution >= 0.6 is 23.2 Å². The highest BCUT2D eigenvalue weighted by atomic mass is 35.5. The summed E-state index contributed by atoms with van der Waals surface area (Å²) in [6.45, 7) is 1.48. The molecule has 0 aliphatic carbocycles. The van der Waals surface area contributed by atoms with Crippen LogP contribution in [-0.2, 0) is 31.3 Å². The lowest BCUT2D eigenvalue weighted by molar-refractivity contribution is -0.255. The highest BCUT2D eigenvalue weighted by Gasteiger charge is 2.48. The molecule has 2 bridgehead atoms. The van der Waals surface area contributed by atoms with E-state index in [0.717, 1.165) is 24.1 Å². The quantitative estimate of drug-likeness (QED) is 0.624. The van der Waals surface area contributed by atoms with Crippen LogP contribution in [0.15, 0.2) is 12.1 Å². The van der Waals surface area contributed by atoms with E-state index in [9.17, 15) is 4.79 Å². The number of aryl methyl sites for hydroxylation is 1. The van der Waals surface area contributed by atoms with Gasteiger partial charge in [-0.3, -0.25) is 4.89 Å². The highest BCUT2D eigenvalue weighted by Crippen LogP contribution is 2.44. The van der Waals surface area contributed by atoms with Crippen molar-refractivity contribution in [3.05, 3.63) is 33.3 Å². The van der Waals surface area contributed by atoms with E-state index >= 15 is 0 Å². The Labute approximate surface area is 145 Å². The fourth-order valence-electron chi connectivity index (χ4n) is 3.40. The lowest BCUT2D eigenvalue weighted by Gasteiger charge is -2.30. The molecule has 0 aromatic heterocycles. The third-order valence-corrected chi connectivity index (χ3v) is 5.18. The van der Waals surface area contributed by atoms with Crippen molar-refractivity contribution in [1.29, 1.82) is 0 Å². The van der Waals surface area contributed by atoms with Gasteiger partial charge in [-0.05, 0) is 42.5 Å². The first-order valence-corrected chi connectivity index (χ1v) is 8.39. The number of benzene rings is 1. The molecular weight excluding hydrogens is 341 g/mol. The molecule has 1 N–H and O–H groups in total. The van der Waals surface area contributed by atoms with Gasteiger partial charge in [0.25, 0.3) is 0 Å². The number of rotatable bonds is 6. The maximum Gasteiger partial charge on any atom is 0.342 e. The zero-order valence-corrected chi connectivity index (χ0v) is 14.4. The average Bonchev–Trinajstić information content (AvgIpc) is 3.12. The number of carbonyl (C=O) groups is 1. The summed E-state index contributed by atoms with van der Waals surface area (Å²) in [5.41, 5.74) is 1.80. The van der Waals surface area contributed by atoms with Gasteiger partial charge in [0.2, 0.25) is 0 Å². The number of morpholine rings is 1. The minimum atomic E-state index is -0.382. The fraction of sp³-hybridized carbons (Fsp3) is 0.562. The Morgan fingerprint density at radius 1 is 1.43 bits per heavy atom. The first kappa shape index (κ1) is 17.0. The molecule has 0 spiro atoms. The van der Waals surface area contributed by atoms with E-state index < -0.39 is 0 Å². The van der Waals surface area contributed by atoms with E-state index in [-0.39, 0.29) is 18.0 Å². The summed E-state index contributed by atoms with van der Waals surface area (Å²) in [7, 11) is 1.31. The third-order valence-electron chi connectivity index (χ3n) is 4.45. The van der Waals surface area contributed by atoms with Crippen LogP contribution in [0, 0.1) is 0 Å². The van der Waals surface area contributed by atoms with Gasteiger partial charge in [0.15, 0.2) is 0 Å². The molecule has 3 rings (SSSR count). The Hall–Kier alpha value is -0.850. The van der Waals surface area contributed by atoms with Gasteiger partial charge in [0.05, 0.1) is 23.8 Å². The van der Waals surface area contributed by atoms with Crippen molar-refractivity contribution in [2.45, 2.75) is 37.3 Å². The molecule has 1 aromatic carbocycles. The van der Waals surface area contributed by atoms with Crippen LogP contribution in [0.1, 0.15) is 30.4 Å². The van der Waals surface area contributed by atoms with Gasteiger partial charge in [-0.15, -0.1) is 0 Å². The summed E-state index contributed by atoms with van der Waals surface area (Å²) in [4.78, 5) is 20.2. The van der Waals surface area contributed by atoms with Crippen molar-refractivity contribution in [3.8, 4) is 0 Å². The lowest BCUT2D eigenvalue weighted by atomic mass is 9.87. The summed E-state index contributed by atoms with van der Waals surface area (Å²) in [6, 6.07) is 4.18. The Bertz CT molecular complexity index is 600. The van der Waals surface area contributed by atoms with Crippen LogP contribution < -0.4 is 5.32 Å². The first-order valence-electron chi connectivity index (χ1n) is 7.63. The van der Waals surface area contributed by atoms with Crippen LogP contribution in [-0.4, -0.2) is 32.3 Å². The van der Waals surface area contributed by atoms with Crippen molar-refractivity contribution >= 4 is 29.2 Å². The lowest BCUT2D eigenvalue weighted by Crippen LogP contribution is -2.38. The molecule has 2 fully saturated rings. The highest BCUT2D eigenvalue weighted by molar-refractivity contribution is 6.42. The first-order chi connectivity index (χ1) is 11.0. The summed E-state index contributed by atoms with van der Waals surface area (Å²) in [6.07, 6.45) is 2.55. The molecule has 2 unspecified atom stereocenters. The molecule has 0 saturated carbocycles. The van der Waals surface area contributed by atoms with Crippen molar-refractivity contribution in [2.24, 2.45) is 0 Å². The largest absolute Gasteiger partial charge is 0.367 e. The smallest absolute Gasteiger partial charge is 0.342 e. The Kier molecular flexibility index (Phi) is 5.13. The number of fused-ring (bicyclic) bond motifs is 2. The van der Waals surface area contributed by atoms with Crippen molar-refractivity contribution in [3.63, 3.8) is 0 Å². The third kappa shape index (κ3) is 3.49. The predicted octanol–water partition coefficient (Wildman–Crippen LogP) is 3.01. The zero-order valence-electron chi connectivity index (χ0n) is 12.9. The van der Waals surface area contributed by atoms with Crippen molar-refractivity contribution < 1.29 is 19.3 Å². The van der Waals surface area contributed by atoms with E-state index in [1.165, 1.54) is 7.11 Å². The second-order valence-corrected chi connectivity index (χ2v) is 6.80. The molecule has 2 aliphatic heterocycles. The second-order valence-electron chi connectivity index (χ2n) is 5.99. The maximum absolute atomic E-state index is 11.4. The minimum absolute atomic E-state index is 0.280. The number of ether oxygens (including phenoxy) is 1. The Morgan fingerprint density at radius 2 is 2.22 bits per heavy atom. The van der Waals surface area contributed by atoms with Crippen LogP contribution in [0.4, 0.5) is 0 Å². The van der Waals surface area contributed by atoms with Gasteiger partial charge in [-0.2, -0.15) is 4.89 Å². The molecule has 2 atom stereocenters. The van der Waals surface area contributed by atoms with E-state index in [2.05, 4.69) is 15.1 Å². The van der Waals surface area contributed by atoms with E-state index in [1.54, 1.807) is 0 Å². The summed E-state index contributed by atoms with van der Waals surface area (Å²) in [5, 5.41) is 4.50. The van der Waals surface area contributed by atoms with Crippen LogP contribution in [0.2, 0.25) is 10.0 Å². The number of hydrogen-bond acceptors (Lipinski definition) is 5. The average molecular weight is 360 g/mol. The van der Waals surface area contributed by atoms with Gasteiger partial charge in [-0.25, -0.2) is 4.79 Å². The summed E-state index contributed by atoms with van der Waals surface area (Å²) >= 11 is 12.4. The topological polar surface area (TPSA) is 56.8 Å².